The lowest BCUT2D eigenvalue weighted by molar-refractivity contribution is -0.182. The Balaban J connectivity index is 1.91. The Bertz CT molecular complexity index is 282. The minimum absolute atomic E-state index is 0.135. The monoisotopic (exact) mass is 206 g/mol. The minimum atomic E-state index is -4.21. The summed E-state index contributed by atoms with van der Waals surface area (Å²) in [6.45, 7) is 2.92. The van der Waals surface area contributed by atoms with Crippen LogP contribution in [-0.4, -0.2) is 18.9 Å². The van der Waals surface area contributed by atoms with Crippen molar-refractivity contribution in [3.63, 3.8) is 0 Å². The molecule has 4 heteroatoms. The van der Waals surface area contributed by atoms with Gasteiger partial charge in [-0.05, 0) is 24.7 Å². The van der Waals surface area contributed by atoms with Gasteiger partial charge in [0.05, 0.1) is 6.10 Å². The number of hydrogen-bond acceptors (Lipinski definition) is 1. The Morgan fingerprint density at radius 1 is 1.57 bits per heavy atom. The van der Waals surface area contributed by atoms with Gasteiger partial charge in [-0.25, -0.2) is 0 Å². The van der Waals surface area contributed by atoms with Gasteiger partial charge in [-0.3, -0.25) is 0 Å². The van der Waals surface area contributed by atoms with Gasteiger partial charge in [-0.2, -0.15) is 13.2 Å². The van der Waals surface area contributed by atoms with Crippen LogP contribution >= 0.6 is 0 Å². The molecule has 0 aromatic carbocycles. The van der Waals surface area contributed by atoms with Crippen LogP contribution in [-0.2, 0) is 4.74 Å². The SMILES string of the molecule is CC1=C[C@H](OCC(F)(F)F)C2C[C@@]12C. The highest BCUT2D eigenvalue weighted by Gasteiger charge is 2.59. The first-order valence-corrected chi connectivity index (χ1v) is 4.70. The van der Waals surface area contributed by atoms with E-state index in [0.717, 1.165) is 6.42 Å². The van der Waals surface area contributed by atoms with Crippen LogP contribution in [0.1, 0.15) is 20.3 Å². The van der Waals surface area contributed by atoms with Crippen molar-refractivity contribution in [2.75, 3.05) is 6.61 Å². The summed E-state index contributed by atoms with van der Waals surface area (Å²) in [4.78, 5) is 0. The highest BCUT2D eigenvalue weighted by Crippen LogP contribution is 2.64. The van der Waals surface area contributed by atoms with Crippen LogP contribution in [0.2, 0.25) is 0 Å². The van der Waals surface area contributed by atoms with E-state index in [9.17, 15) is 13.2 Å². The van der Waals surface area contributed by atoms with Crippen molar-refractivity contribution in [3.05, 3.63) is 11.6 Å². The second-order valence-electron chi connectivity index (χ2n) is 4.47. The van der Waals surface area contributed by atoms with Crippen LogP contribution in [0.15, 0.2) is 11.6 Å². The maximum Gasteiger partial charge on any atom is 0.411 e. The molecule has 1 fully saturated rings. The first kappa shape index (κ1) is 10.0. The fourth-order valence-corrected chi connectivity index (χ4v) is 2.24. The first-order valence-electron chi connectivity index (χ1n) is 4.70. The van der Waals surface area contributed by atoms with E-state index in [1.165, 1.54) is 5.57 Å². The number of alkyl halides is 3. The molecular weight excluding hydrogens is 193 g/mol. The lowest BCUT2D eigenvalue weighted by Gasteiger charge is -2.13. The van der Waals surface area contributed by atoms with Crippen LogP contribution in [0.3, 0.4) is 0 Å². The standard InChI is InChI=1S/C10H13F3O/c1-6-3-8(7-4-9(6,7)2)14-5-10(11,12)13/h3,7-8H,4-5H2,1-2H3/t7?,8-,9-/m0/s1. The molecule has 0 aromatic heterocycles. The van der Waals surface area contributed by atoms with Crippen molar-refractivity contribution in [2.24, 2.45) is 11.3 Å². The van der Waals surface area contributed by atoms with Gasteiger partial charge in [0, 0.05) is 0 Å². The van der Waals surface area contributed by atoms with E-state index in [-0.39, 0.29) is 17.4 Å². The highest BCUT2D eigenvalue weighted by atomic mass is 19.4. The Kier molecular flexibility index (Phi) is 1.97. The third-order valence-corrected chi connectivity index (χ3v) is 3.45. The Morgan fingerprint density at radius 3 is 2.57 bits per heavy atom. The predicted octanol–water partition coefficient (Wildman–Crippen LogP) is 2.92. The van der Waals surface area contributed by atoms with E-state index < -0.39 is 12.8 Å². The van der Waals surface area contributed by atoms with Crippen molar-refractivity contribution in [2.45, 2.75) is 32.5 Å². The van der Waals surface area contributed by atoms with E-state index in [4.69, 9.17) is 4.74 Å². The summed E-state index contributed by atoms with van der Waals surface area (Å²) in [5, 5.41) is 0. The maximum atomic E-state index is 11.9. The third-order valence-electron chi connectivity index (χ3n) is 3.45. The molecule has 2 aliphatic carbocycles. The van der Waals surface area contributed by atoms with Gasteiger partial charge in [0.25, 0.3) is 0 Å². The van der Waals surface area contributed by atoms with Gasteiger partial charge in [-0.1, -0.05) is 18.6 Å². The second-order valence-corrected chi connectivity index (χ2v) is 4.47. The average molecular weight is 206 g/mol. The normalized spacial score (nSPS) is 40.8. The molecule has 1 nitrogen and oxygen atoms in total. The molecule has 80 valence electrons. The van der Waals surface area contributed by atoms with Crippen LogP contribution < -0.4 is 0 Å². The van der Waals surface area contributed by atoms with Crippen molar-refractivity contribution in [1.82, 2.24) is 0 Å². The number of rotatable bonds is 2. The summed E-state index contributed by atoms with van der Waals surface area (Å²) in [6.07, 6.45) is -1.73. The van der Waals surface area contributed by atoms with Crippen LogP contribution in [0.4, 0.5) is 13.2 Å². The summed E-state index contributed by atoms with van der Waals surface area (Å²) < 4.78 is 40.5. The molecule has 14 heavy (non-hydrogen) atoms. The summed E-state index contributed by atoms with van der Waals surface area (Å²) in [5.74, 6) is 0.282. The van der Waals surface area contributed by atoms with Crippen molar-refractivity contribution in [3.8, 4) is 0 Å². The molecule has 0 N–H and O–H groups in total. The van der Waals surface area contributed by atoms with E-state index >= 15 is 0 Å². The average Bonchev–Trinajstić information content (AvgIpc) is 2.65. The van der Waals surface area contributed by atoms with Crippen molar-refractivity contribution in [1.29, 1.82) is 0 Å². The zero-order valence-electron chi connectivity index (χ0n) is 8.19. The number of ether oxygens (including phenoxy) is 1. The quantitative estimate of drug-likeness (QED) is 0.631. The molecule has 2 aliphatic rings. The lowest BCUT2D eigenvalue weighted by Crippen LogP contribution is -2.22. The topological polar surface area (TPSA) is 9.23 Å². The fraction of sp³-hybridized carbons (Fsp3) is 0.800. The lowest BCUT2D eigenvalue weighted by atomic mass is 10.0. The number of halogens is 3. The van der Waals surface area contributed by atoms with Crippen LogP contribution in [0, 0.1) is 11.3 Å². The summed E-state index contributed by atoms with van der Waals surface area (Å²) in [6, 6.07) is 0. The highest BCUT2D eigenvalue weighted by molar-refractivity contribution is 5.33. The van der Waals surface area contributed by atoms with Crippen LogP contribution in [0.25, 0.3) is 0 Å². The molecular formula is C10H13F3O. The van der Waals surface area contributed by atoms with Gasteiger partial charge in [0.1, 0.15) is 6.61 Å². The Hall–Kier alpha value is -0.510. The van der Waals surface area contributed by atoms with E-state index in [1.54, 1.807) is 0 Å². The molecule has 1 saturated carbocycles. The van der Waals surface area contributed by atoms with Crippen molar-refractivity contribution >= 4 is 0 Å². The maximum absolute atomic E-state index is 11.9. The molecule has 0 radical (unpaired) electrons. The zero-order valence-corrected chi connectivity index (χ0v) is 8.19. The molecule has 1 unspecified atom stereocenters. The Labute approximate surface area is 80.9 Å². The van der Waals surface area contributed by atoms with Gasteiger partial charge in [0.2, 0.25) is 0 Å². The van der Waals surface area contributed by atoms with E-state index in [0.29, 0.717) is 0 Å². The largest absolute Gasteiger partial charge is 0.411 e. The van der Waals surface area contributed by atoms with Crippen molar-refractivity contribution < 1.29 is 17.9 Å². The number of fused-ring (bicyclic) bond motifs is 1. The third kappa shape index (κ3) is 1.56. The number of hydrogen-bond donors (Lipinski definition) is 0. The molecule has 0 spiro atoms. The molecule has 2 rings (SSSR count). The van der Waals surface area contributed by atoms with E-state index in [2.05, 4.69) is 6.92 Å². The van der Waals surface area contributed by atoms with Crippen LogP contribution in [0.5, 0.6) is 0 Å². The smallest absolute Gasteiger partial charge is 0.364 e. The summed E-state index contributed by atoms with van der Waals surface area (Å²) in [7, 11) is 0. The van der Waals surface area contributed by atoms with Gasteiger partial charge >= 0.3 is 6.18 Å². The van der Waals surface area contributed by atoms with Gasteiger partial charge in [-0.15, -0.1) is 0 Å². The Morgan fingerprint density at radius 2 is 2.21 bits per heavy atom. The predicted molar refractivity (Wildman–Crippen MR) is 45.8 cm³/mol. The molecule has 0 aromatic rings. The molecule has 0 bridgehead atoms. The molecule has 0 aliphatic heterocycles. The molecule has 3 atom stereocenters. The fourth-order valence-electron chi connectivity index (χ4n) is 2.24. The molecule has 0 heterocycles. The minimum Gasteiger partial charge on any atom is -0.364 e. The first-order chi connectivity index (χ1) is 6.33. The summed E-state index contributed by atoms with van der Waals surface area (Å²) in [5.41, 5.74) is 1.31. The van der Waals surface area contributed by atoms with E-state index in [1.807, 2.05) is 13.0 Å². The van der Waals surface area contributed by atoms with Gasteiger partial charge in [0.15, 0.2) is 0 Å². The molecule has 0 saturated heterocycles. The number of allylic oxidation sites excluding steroid dienone is 1. The zero-order chi connectivity index (χ0) is 10.6. The summed E-state index contributed by atoms with van der Waals surface area (Å²) >= 11 is 0. The van der Waals surface area contributed by atoms with Gasteiger partial charge < -0.3 is 4.74 Å². The second kappa shape index (κ2) is 2.75. The molecule has 0 amide bonds.